The second-order valence-corrected chi connectivity index (χ2v) is 6.20. The number of hydrogen-bond donors (Lipinski definition) is 3. The summed E-state index contributed by atoms with van der Waals surface area (Å²) in [7, 11) is -4.68. The van der Waals surface area contributed by atoms with Gasteiger partial charge in [-0.05, 0) is 6.07 Å². The Bertz CT molecular complexity index is 963. The fourth-order valence-electron chi connectivity index (χ4n) is 2.54. The average molecular weight is 318 g/mol. The highest BCUT2D eigenvalue weighted by Crippen LogP contribution is 2.37. The Morgan fingerprint density at radius 3 is 1.91 bits per heavy atom. The normalized spacial score (nSPS) is 13.7. The number of anilines is 2. The Morgan fingerprint density at radius 1 is 0.909 bits per heavy atom. The number of benzene rings is 2. The lowest BCUT2D eigenvalue weighted by Crippen LogP contribution is -2.25. The Labute approximate surface area is 125 Å². The minimum Gasteiger partial charge on any atom is -0.398 e. The van der Waals surface area contributed by atoms with Crippen LogP contribution in [0.2, 0.25) is 0 Å². The molecule has 0 radical (unpaired) electrons. The molecule has 2 aromatic carbocycles. The summed E-state index contributed by atoms with van der Waals surface area (Å²) in [4.78, 5) is 24.3. The smallest absolute Gasteiger partial charge is 0.296 e. The molecular weight excluding hydrogens is 308 g/mol. The molecule has 5 N–H and O–H groups in total. The molecule has 0 atom stereocenters. The van der Waals surface area contributed by atoms with Crippen LogP contribution in [-0.4, -0.2) is 24.5 Å². The van der Waals surface area contributed by atoms with Crippen molar-refractivity contribution in [1.29, 1.82) is 0 Å². The van der Waals surface area contributed by atoms with E-state index < -0.39 is 32.3 Å². The fraction of sp³-hybridized carbons (Fsp3) is 0. The molecule has 8 heteroatoms. The molecule has 0 aromatic heterocycles. The first-order valence-electron chi connectivity index (χ1n) is 6.11. The summed E-state index contributed by atoms with van der Waals surface area (Å²) in [6, 6.07) is 6.96. The SMILES string of the molecule is Nc1cc(S(=O)(=O)O)c(N)c2c1C(=O)c1ccccc1C2=O. The minimum absolute atomic E-state index is 0.110. The van der Waals surface area contributed by atoms with Crippen molar-refractivity contribution in [2.45, 2.75) is 4.90 Å². The first kappa shape index (κ1) is 14.2. The van der Waals surface area contributed by atoms with E-state index >= 15 is 0 Å². The predicted octanol–water partition coefficient (Wildman–Crippen LogP) is 0.873. The van der Waals surface area contributed by atoms with Gasteiger partial charge in [0.25, 0.3) is 10.1 Å². The molecule has 0 fully saturated rings. The van der Waals surface area contributed by atoms with Crippen molar-refractivity contribution in [3.05, 3.63) is 52.6 Å². The molecule has 0 saturated carbocycles. The third-order valence-corrected chi connectivity index (χ3v) is 4.40. The zero-order valence-electron chi connectivity index (χ0n) is 11.0. The lowest BCUT2D eigenvalue weighted by atomic mass is 9.82. The van der Waals surface area contributed by atoms with Crippen LogP contribution >= 0.6 is 0 Å². The van der Waals surface area contributed by atoms with Gasteiger partial charge in [-0.25, -0.2) is 0 Å². The third-order valence-electron chi connectivity index (χ3n) is 3.51. The molecule has 7 nitrogen and oxygen atoms in total. The van der Waals surface area contributed by atoms with Crippen LogP contribution in [0.25, 0.3) is 0 Å². The summed E-state index contributed by atoms with van der Waals surface area (Å²) in [6.07, 6.45) is 0. The Hall–Kier alpha value is -2.71. The van der Waals surface area contributed by atoms with Gasteiger partial charge in [-0.2, -0.15) is 8.42 Å². The third kappa shape index (κ3) is 1.81. The van der Waals surface area contributed by atoms with E-state index in [2.05, 4.69) is 0 Å². The molecule has 0 amide bonds. The number of hydrogen-bond acceptors (Lipinski definition) is 6. The quantitative estimate of drug-likeness (QED) is 0.446. The molecule has 1 aliphatic rings. The number of nitrogens with two attached hydrogens (primary N) is 2. The highest BCUT2D eigenvalue weighted by atomic mass is 32.2. The maximum absolute atomic E-state index is 12.5. The van der Waals surface area contributed by atoms with Crippen molar-refractivity contribution >= 4 is 33.1 Å². The summed E-state index contributed by atoms with van der Waals surface area (Å²) in [6.45, 7) is 0. The van der Waals surface area contributed by atoms with Crippen molar-refractivity contribution in [2.24, 2.45) is 0 Å². The van der Waals surface area contributed by atoms with Crippen LogP contribution in [0.4, 0.5) is 11.4 Å². The number of ketones is 2. The van der Waals surface area contributed by atoms with Gasteiger partial charge in [0, 0.05) is 16.8 Å². The second kappa shape index (κ2) is 4.39. The highest BCUT2D eigenvalue weighted by molar-refractivity contribution is 7.86. The molecule has 0 bridgehead atoms. The molecule has 0 unspecified atom stereocenters. The Kier molecular flexibility index (Phi) is 2.84. The van der Waals surface area contributed by atoms with Crippen LogP contribution in [-0.2, 0) is 10.1 Å². The summed E-state index contributed by atoms with van der Waals surface area (Å²) >= 11 is 0. The lowest BCUT2D eigenvalue weighted by molar-refractivity contribution is 0.0980. The molecule has 2 aromatic rings. The number of carbonyl (C=O) groups excluding carboxylic acids is 2. The lowest BCUT2D eigenvalue weighted by Gasteiger charge is -2.21. The van der Waals surface area contributed by atoms with Gasteiger partial charge in [0.05, 0.1) is 16.8 Å². The minimum atomic E-state index is -4.68. The van der Waals surface area contributed by atoms with Crippen LogP contribution < -0.4 is 11.5 Å². The molecule has 22 heavy (non-hydrogen) atoms. The molecule has 0 saturated heterocycles. The number of nitrogen functional groups attached to an aromatic ring is 2. The van der Waals surface area contributed by atoms with Gasteiger partial charge in [0.15, 0.2) is 11.6 Å². The number of rotatable bonds is 1. The monoisotopic (exact) mass is 318 g/mol. The van der Waals surface area contributed by atoms with Crippen molar-refractivity contribution in [1.82, 2.24) is 0 Å². The molecule has 1 aliphatic carbocycles. The average Bonchev–Trinajstić information content (AvgIpc) is 2.45. The summed E-state index contributed by atoms with van der Waals surface area (Å²) < 4.78 is 31.9. The van der Waals surface area contributed by atoms with Gasteiger partial charge in [-0.1, -0.05) is 24.3 Å². The van der Waals surface area contributed by atoms with Gasteiger partial charge >= 0.3 is 0 Å². The molecule has 0 spiro atoms. The fourth-order valence-corrected chi connectivity index (χ4v) is 3.19. The van der Waals surface area contributed by atoms with Crippen LogP contribution in [0, 0.1) is 0 Å². The first-order chi connectivity index (χ1) is 10.2. The van der Waals surface area contributed by atoms with E-state index in [1.165, 1.54) is 12.1 Å². The van der Waals surface area contributed by atoms with Gasteiger partial charge in [-0.15, -0.1) is 0 Å². The Morgan fingerprint density at radius 2 is 1.41 bits per heavy atom. The molecule has 3 rings (SSSR count). The van der Waals surface area contributed by atoms with E-state index in [0.29, 0.717) is 0 Å². The highest BCUT2D eigenvalue weighted by Gasteiger charge is 2.35. The summed E-state index contributed by atoms with van der Waals surface area (Å²) in [5.41, 5.74) is 10.5. The van der Waals surface area contributed by atoms with E-state index in [1.807, 2.05) is 0 Å². The number of carbonyl (C=O) groups is 2. The van der Waals surface area contributed by atoms with E-state index in [4.69, 9.17) is 11.5 Å². The van der Waals surface area contributed by atoms with Gasteiger partial charge in [-0.3, -0.25) is 14.1 Å². The van der Waals surface area contributed by atoms with Gasteiger partial charge in [0.2, 0.25) is 0 Å². The van der Waals surface area contributed by atoms with Crippen molar-refractivity contribution < 1.29 is 22.6 Å². The molecular formula is C14H10N2O5S. The zero-order valence-corrected chi connectivity index (χ0v) is 11.8. The van der Waals surface area contributed by atoms with Crippen LogP contribution in [0.5, 0.6) is 0 Å². The van der Waals surface area contributed by atoms with Crippen LogP contribution in [0.1, 0.15) is 31.8 Å². The van der Waals surface area contributed by atoms with Crippen LogP contribution in [0.15, 0.2) is 35.2 Å². The first-order valence-corrected chi connectivity index (χ1v) is 7.55. The van der Waals surface area contributed by atoms with Crippen molar-refractivity contribution in [2.75, 3.05) is 11.5 Å². The van der Waals surface area contributed by atoms with E-state index in [9.17, 15) is 22.6 Å². The molecule has 0 aliphatic heterocycles. The van der Waals surface area contributed by atoms with Crippen molar-refractivity contribution in [3.63, 3.8) is 0 Å². The topological polar surface area (TPSA) is 141 Å². The maximum atomic E-state index is 12.5. The van der Waals surface area contributed by atoms with Gasteiger partial charge < -0.3 is 11.5 Å². The largest absolute Gasteiger partial charge is 0.398 e. The second-order valence-electron chi connectivity index (χ2n) is 4.81. The van der Waals surface area contributed by atoms with E-state index in [1.54, 1.807) is 12.1 Å². The van der Waals surface area contributed by atoms with E-state index in [-0.39, 0.29) is 27.9 Å². The molecule has 0 heterocycles. The van der Waals surface area contributed by atoms with E-state index in [0.717, 1.165) is 6.07 Å². The number of fused-ring (bicyclic) bond motifs is 2. The summed E-state index contributed by atoms with van der Waals surface area (Å²) in [5, 5.41) is 0. The molecule has 112 valence electrons. The van der Waals surface area contributed by atoms with Gasteiger partial charge in [0.1, 0.15) is 4.90 Å². The maximum Gasteiger partial charge on any atom is 0.296 e. The predicted molar refractivity (Wildman–Crippen MR) is 78.4 cm³/mol. The van der Waals surface area contributed by atoms with Crippen LogP contribution in [0.3, 0.4) is 0 Å². The van der Waals surface area contributed by atoms with Crippen molar-refractivity contribution in [3.8, 4) is 0 Å². The Balaban J connectivity index is 2.44. The standard InChI is InChI=1S/C14H10N2O5S/c15-8-5-9(22(19,20)21)12(16)11-10(8)13(17)6-3-1-2-4-7(6)14(11)18/h1-5H,15-16H2,(H,19,20,21). The zero-order chi connectivity index (χ0) is 16.2. The summed E-state index contributed by atoms with van der Waals surface area (Å²) in [5.74, 6) is -1.13.